The quantitative estimate of drug-likeness (QED) is 0.0901. The Balaban J connectivity index is 1.48. The van der Waals surface area contributed by atoms with Crippen LogP contribution in [0.2, 0.25) is 0 Å². The molecule has 1 amide bonds. The molecule has 0 saturated carbocycles. The van der Waals surface area contributed by atoms with Gasteiger partial charge in [-0.3, -0.25) is 4.79 Å². The van der Waals surface area contributed by atoms with E-state index in [-0.39, 0.29) is 30.6 Å². The van der Waals surface area contributed by atoms with Gasteiger partial charge in [-0.25, -0.2) is 4.79 Å². The van der Waals surface area contributed by atoms with Crippen molar-refractivity contribution in [3.63, 3.8) is 0 Å². The summed E-state index contributed by atoms with van der Waals surface area (Å²) in [6.45, 7) is 10.3. The van der Waals surface area contributed by atoms with Gasteiger partial charge in [0.15, 0.2) is 5.84 Å². The second kappa shape index (κ2) is 12.8. The minimum atomic E-state index is -0.553. The highest BCUT2D eigenvalue weighted by Crippen LogP contribution is 2.28. The lowest BCUT2D eigenvalue weighted by Crippen LogP contribution is -2.36. The van der Waals surface area contributed by atoms with E-state index in [9.17, 15) is 9.59 Å². The van der Waals surface area contributed by atoms with Crippen molar-refractivity contribution in [1.82, 2.24) is 4.90 Å². The highest BCUT2D eigenvalue weighted by Gasteiger charge is 2.31. The van der Waals surface area contributed by atoms with Gasteiger partial charge in [0.25, 0.3) is 0 Å². The SMILES string of the molecule is C=CCOC(=O)[C@@H](Cc1ccc2ccc(C(N)=NO)cc2c1)c1ccc(O[C@H]2CCN(C(=O)OC(C)(C)C)C2)cc1. The summed E-state index contributed by atoms with van der Waals surface area (Å²) in [5.74, 6) is -0.222. The maximum absolute atomic E-state index is 13.1. The smallest absolute Gasteiger partial charge is 0.410 e. The molecule has 0 aromatic heterocycles. The fourth-order valence-electron chi connectivity index (χ4n) is 4.74. The monoisotopic (exact) mass is 559 g/mol. The average Bonchev–Trinajstić information content (AvgIpc) is 3.42. The normalized spacial score (nSPS) is 16.3. The van der Waals surface area contributed by atoms with Crippen LogP contribution in [-0.2, 0) is 20.7 Å². The molecule has 0 unspecified atom stereocenters. The van der Waals surface area contributed by atoms with Crippen LogP contribution in [0.4, 0.5) is 4.79 Å². The Hall–Kier alpha value is -4.53. The first-order valence-corrected chi connectivity index (χ1v) is 13.6. The number of oxime groups is 1. The van der Waals surface area contributed by atoms with Crippen LogP contribution >= 0.6 is 0 Å². The van der Waals surface area contributed by atoms with Crippen LogP contribution in [0.5, 0.6) is 5.75 Å². The summed E-state index contributed by atoms with van der Waals surface area (Å²) in [6.07, 6.45) is 2.17. The molecule has 3 aromatic rings. The molecule has 216 valence electrons. The number of carbonyl (C=O) groups excluding carboxylic acids is 2. The van der Waals surface area contributed by atoms with Crippen molar-refractivity contribution >= 4 is 28.7 Å². The number of esters is 1. The van der Waals surface area contributed by atoms with Gasteiger partial charge in [0.05, 0.1) is 12.5 Å². The highest BCUT2D eigenvalue weighted by atomic mass is 16.6. The zero-order chi connectivity index (χ0) is 29.6. The van der Waals surface area contributed by atoms with Crippen LogP contribution in [0.25, 0.3) is 10.8 Å². The molecule has 1 fully saturated rings. The minimum absolute atomic E-state index is 0.0284. The Kier molecular flexibility index (Phi) is 9.17. The first-order chi connectivity index (χ1) is 19.6. The van der Waals surface area contributed by atoms with Gasteiger partial charge in [0, 0.05) is 18.5 Å². The van der Waals surface area contributed by atoms with Gasteiger partial charge in [0.1, 0.15) is 24.1 Å². The number of benzene rings is 3. The number of likely N-dealkylation sites (tertiary alicyclic amines) is 1. The van der Waals surface area contributed by atoms with Crippen LogP contribution < -0.4 is 10.5 Å². The summed E-state index contributed by atoms with van der Waals surface area (Å²) >= 11 is 0. The Morgan fingerprint density at radius 2 is 1.85 bits per heavy atom. The lowest BCUT2D eigenvalue weighted by Gasteiger charge is -2.24. The van der Waals surface area contributed by atoms with Crippen LogP contribution in [0.3, 0.4) is 0 Å². The lowest BCUT2D eigenvalue weighted by atomic mass is 9.91. The van der Waals surface area contributed by atoms with Gasteiger partial charge in [-0.15, -0.1) is 0 Å². The molecule has 0 radical (unpaired) electrons. The molecule has 0 spiro atoms. The molecule has 1 aliphatic heterocycles. The number of fused-ring (bicyclic) bond motifs is 1. The molecule has 41 heavy (non-hydrogen) atoms. The predicted octanol–water partition coefficient (Wildman–Crippen LogP) is 5.38. The molecule has 0 aliphatic carbocycles. The van der Waals surface area contributed by atoms with Crippen molar-refractivity contribution in [2.45, 2.75) is 51.2 Å². The molecule has 1 saturated heterocycles. The lowest BCUT2D eigenvalue weighted by molar-refractivity contribution is -0.144. The van der Waals surface area contributed by atoms with Crippen molar-refractivity contribution in [3.05, 3.63) is 90.0 Å². The van der Waals surface area contributed by atoms with Gasteiger partial charge in [0.2, 0.25) is 0 Å². The van der Waals surface area contributed by atoms with Crippen molar-refractivity contribution in [2.75, 3.05) is 19.7 Å². The number of nitrogens with zero attached hydrogens (tertiary/aromatic N) is 2. The first-order valence-electron chi connectivity index (χ1n) is 13.6. The zero-order valence-electron chi connectivity index (χ0n) is 23.7. The number of amidine groups is 1. The molecular formula is C32H37N3O6. The summed E-state index contributed by atoms with van der Waals surface area (Å²) < 4.78 is 17.0. The van der Waals surface area contributed by atoms with Crippen LogP contribution in [-0.4, -0.2) is 59.4 Å². The van der Waals surface area contributed by atoms with Gasteiger partial charge < -0.3 is 30.1 Å². The second-order valence-electron chi connectivity index (χ2n) is 11.1. The van der Waals surface area contributed by atoms with Gasteiger partial charge in [-0.2, -0.15) is 0 Å². The van der Waals surface area contributed by atoms with Crippen LogP contribution in [0, 0.1) is 0 Å². The van der Waals surface area contributed by atoms with E-state index in [4.69, 9.17) is 25.2 Å². The van der Waals surface area contributed by atoms with E-state index in [0.717, 1.165) is 21.9 Å². The maximum atomic E-state index is 13.1. The van der Waals surface area contributed by atoms with Crippen LogP contribution in [0.15, 0.2) is 78.5 Å². The fourth-order valence-corrected chi connectivity index (χ4v) is 4.74. The Morgan fingerprint density at radius 3 is 2.54 bits per heavy atom. The third-order valence-electron chi connectivity index (χ3n) is 6.76. The molecule has 2 atom stereocenters. The molecule has 4 rings (SSSR count). The summed E-state index contributed by atoms with van der Waals surface area (Å²) in [7, 11) is 0. The fraction of sp³-hybridized carbons (Fsp3) is 0.344. The number of hydrogen-bond donors (Lipinski definition) is 2. The average molecular weight is 560 g/mol. The van der Waals surface area contributed by atoms with Gasteiger partial charge >= 0.3 is 12.1 Å². The largest absolute Gasteiger partial charge is 0.489 e. The first kappa shape index (κ1) is 29.5. The molecular weight excluding hydrogens is 522 g/mol. The van der Waals surface area contributed by atoms with E-state index < -0.39 is 11.5 Å². The number of nitrogens with two attached hydrogens (primary N) is 1. The summed E-state index contributed by atoms with van der Waals surface area (Å²) in [5.41, 5.74) is 7.55. The van der Waals surface area contributed by atoms with Gasteiger partial charge in [-0.1, -0.05) is 60.3 Å². The third-order valence-corrected chi connectivity index (χ3v) is 6.76. The molecule has 1 aliphatic rings. The van der Waals surface area contributed by atoms with E-state index in [0.29, 0.717) is 37.2 Å². The van der Waals surface area contributed by atoms with E-state index in [2.05, 4.69) is 11.7 Å². The summed E-state index contributed by atoms with van der Waals surface area (Å²) in [5, 5.41) is 14.0. The minimum Gasteiger partial charge on any atom is -0.489 e. The second-order valence-corrected chi connectivity index (χ2v) is 11.1. The molecule has 0 bridgehead atoms. The zero-order valence-corrected chi connectivity index (χ0v) is 23.7. The van der Waals surface area contributed by atoms with E-state index in [1.54, 1.807) is 17.0 Å². The highest BCUT2D eigenvalue weighted by molar-refractivity contribution is 6.00. The molecule has 9 heteroatoms. The Bertz CT molecular complexity index is 1430. The van der Waals surface area contributed by atoms with E-state index >= 15 is 0 Å². The number of amides is 1. The maximum Gasteiger partial charge on any atom is 0.410 e. The van der Waals surface area contributed by atoms with Crippen molar-refractivity contribution in [2.24, 2.45) is 10.9 Å². The predicted molar refractivity (Wildman–Crippen MR) is 157 cm³/mol. The summed E-state index contributed by atoms with van der Waals surface area (Å²) in [6, 6.07) is 18.9. The molecule has 1 heterocycles. The number of carbonyl (C=O) groups is 2. The topological polar surface area (TPSA) is 124 Å². The molecule has 9 nitrogen and oxygen atoms in total. The molecule has 3 N–H and O–H groups in total. The Morgan fingerprint density at radius 1 is 1.12 bits per heavy atom. The van der Waals surface area contributed by atoms with Crippen molar-refractivity contribution < 1.29 is 29.0 Å². The van der Waals surface area contributed by atoms with Gasteiger partial charge in [-0.05, 0) is 67.3 Å². The molecule has 3 aromatic carbocycles. The van der Waals surface area contributed by atoms with Crippen LogP contribution in [0.1, 0.15) is 49.8 Å². The number of hydrogen-bond acceptors (Lipinski definition) is 7. The van der Waals surface area contributed by atoms with E-state index in [1.807, 2.05) is 75.4 Å². The standard InChI is InChI=1S/C32H37N3O6/c1-5-16-39-30(36)28(18-21-6-7-22-8-9-24(29(33)34-38)19-25(22)17-21)23-10-12-26(13-11-23)40-27-14-15-35(20-27)31(37)41-32(2,3)4/h5-13,17,19,27-28,38H,1,14-16,18,20H2,2-4H3,(H2,33,34)/t27-,28-/m0/s1. The number of ether oxygens (including phenoxy) is 3. The van der Waals surface area contributed by atoms with Crippen molar-refractivity contribution in [3.8, 4) is 5.75 Å². The van der Waals surface area contributed by atoms with E-state index in [1.165, 1.54) is 0 Å². The summed E-state index contributed by atoms with van der Waals surface area (Å²) in [4.78, 5) is 27.1. The Labute approximate surface area is 240 Å². The van der Waals surface area contributed by atoms with Crippen molar-refractivity contribution in [1.29, 1.82) is 0 Å². The third kappa shape index (κ3) is 7.78. The number of rotatable bonds is 9.